The number of aromatic nitrogens is 2. The monoisotopic (exact) mass is 582 g/mol. The molecule has 2 amide bonds. The van der Waals surface area contributed by atoms with Gasteiger partial charge in [-0.1, -0.05) is 24.0 Å². The topological polar surface area (TPSA) is 84.0 Å². The lowest BCUT2D eigenvalue weighted by atomic mass is 9.90. The molecular weight excluding hydrogens is 564 g/mol. The fourth-order valence-corrected chi connectivity index (χ4v) is 3.51. The summed E-state index contributed by atoms with van der Waals surface area (Å²) < 4.78 is 106. The van der Waals surface area contributed by atoms with Crippen LogP contribution in [0.1, 0.15) is 39.4 Å². The molecular formula is C27H18F8N4O2. The number of nitrogens with zero attached hydrogens (tertiary/aromatic N) is 2. The minimum absolute atomic E-state index is 0.00342. The molecule has 2 N–H and O–H groups in total. The number of carbonyl (C=O) groups excluding carboxylic acids is 2. The molecule has 1 aromatic carbocycles. The molecule has 2 aromatic heterocycles. The number of hydrogen-bond donors (Lipinski definition) is 2. The van der Waals surface area contributed by atoms with Gasteiger partial charge in [-0.3, -0.25) is 19.6 Å². The lowest BCUT2D eigenvalue weighted by Crippen LogP contribution is -2.32. The quantitative estimate of drug-likeness (QED) is 0.232. The van der Waals surface area contributed by atoms with Crippen molar-refractivity contribution in [3.8, 4) is 11.8 Å². The minimum atomic E-state index is -5.30. The van der Waals surface area contributed by atoms with Gasteiger partial charge in [-0.15, -0.1) is 0 Å². The van der Waals surface area contributed by atoms with Crippen molar-refractivity contribution in [1.29, 1.82) is 0 Å². The number of amides is 2. The SMILES string of the molecule is O=C(/C=C/F)NCc1cncc(C#CCNC(=O)C(c2ccc(F)cc2)c2ncc(C(F)(F)F)cc2C(F)(F)F)c1. The molecule has 3 rings (SSSR count). The van der Waals surface area contributed by atoms with Gasteiger partial charge in [-0.2, -0.15) is 26.3 Å². The molecule has 1 atom stereocenters. The van der Waals surface area contributed by atoms with Crippen LogP contribution in [-0.4, -0.2) is 28.3 Å². The Morgan fingerprint density at radius 1 is 0.951 bits per heavy atom. The molecule has 214 valence electrons. The molecule has 0 bridgehead atoms. The number of rotatable bonds is 7. The third-order valence-corrected chi connectivity index (χ3v) is 5.35. The van der Waals surface area contributed by atoms with Crippen LogP contribution in [-0.2, 0) is 28.5 Å². The normalized spacial score (nSPS) is 12.4. The molecule has 1 unspecified atom stereocenters. The summed E-state index contributed by atoms with van der Waals surface area (Å²) in [5.41, 5.74) is -3.76. The van der Waals surface area contributed by atoms with Gasteiger partial charge < -0.3 is 10.6 Å². The third-order valence-electron chi connectivity index (χ3n) is 5.35. The van der Waals surface area contributed by atoms with E-state index in [1.807, 2.05) is 0 Å². The predicted molar refractivity (Wildman–Crippen MR) is 129 cm³/mol. The average Bonchev–Trinajstić information content (AvgIpc) is 2.90. The van der Waals surface area contributed by atoms with E-state index in [-0.39, 0.29) is 30.7 Å². The molecule has 0 fully saturated rings. The Morgan fingerprint density at radius 2 is 1.66 bits per heavy atom. The molecule has 3 aromatic rings. The standard InChI is InChI=1S/C27H18F8N4O2/c28-8-7-22(40)38-14-17-10-16(12-36-13-17)2-1-9-37-25(41)23(18-3-5-20(29)6-4-18)24-21(27(33,34)35)11-19(15-39-24)26(30,31)32/h3-8,10-13,15,23H,9,14H2,(H,37,41)(H,38,40)/b8-7+. The fourth-order valence-electron chi connectivity index (χ4n) is 3.51. The zero-order valence-electron chi connectivity index (χ0n) is 20.6. The van der Waals surface area contributed by atoms with E-state index in [9.17, 15) is 44.7 Å². The van der Waals surface area contributed by atoms with Gasteiger partial charge in [0.05, 0.1) is 29.7 Å². The number of carbonyl (C=O) groups is 2. The number of alkyl halides is 6. The van der Waals surface area contributed by atoms with Gasteiger partial charge in [0.25, 0.3) is 0 Å². The molecule has 6 nitrogen and oxygen atoms in total. The smallest absolute Gasteiger partial charge is 0.348 e. The van der Waals surface area contributed by atoms with Gasteiger partial charge in [0.1, 0.15) is 11.7 Å². The molecule has 0 saturated heterocycles. The predicted octanol–water partition coefficient (Wildman–Crippen LogP) is 5.05. The highest BCUT2D eigenvalue weighted by Crippen LogP contribution is 2.40. The van der Waals surface area contributed by atoms with Crippen LogP contribution < -0.4 is 10.6 Å². The van der Waals surface area contributed by atoms with Gasteiger partial charge in [-0.25, -0.2) is 8.78 Å². The highest BCUT2D eigenvalue weighted by molar-refractivity contribution is 5.87. The Labute approximate surface area is 227 Å². The zero-order chi connectivity index (χ0) is 30.2. The maximum atomic E-state index is 13.8. The van der Waals surface area contributed by atoms with Gasteiger partial charge >= 0.3 is 12.4 Å². The minimum Gasteiger partial charge on any atom is -0.348 e. The Bertz CT molecular complexity index is 1490. The maximum Gasteiger partial charge on any atom is 0.418 e. The summed E-state index contributed by atoms with van der Waals surface area (Å²) in [5.74, 6) is 0.835. The van der Waals surface area contributed by atoms with Crippen molar-refractivity contribution < 1.29 is 44.7 Å². The number of hydrogen-bond acceptors (Lipinski definition) is 4. The summed E-state index contributed by atoms with van der Waals surface area (Å²) >= 11 is 0. The molecule has 41 heavy (non-hydrogen) atoms. The van der Waals surface area contributed by atoms with E-state index in [2.05, 4.69) is 32.4 Å². The number of halogens is 8. The van der Waals surface area contributed by atoms with Gasteiger partial charge in [0.2, 0.25) is 11.8 Å². The van der Waals surface area contributed by atoms with Crippen molar-refractivity contribution in [2.45, 2.75) is 24.8 Å². The van der Waals surface area contributed by atoms with Crippen molar-refractivity contribution in [2.75, 3.05) is 6.54 Å². The van der Waals surface area contributed by atoms with Gasteiger partial charge in [0.15, 0.2) is 0 Å². The molecule has 0 spiro atoms. The van der Waals surface area contributed by atoms with Crippen LogP contribution in [0, 0.1) is 17.7 Å². The maximum absolute atomic E-state index is 13.8. The van der Waals surface area contributed by atoms with E-state index in [1.54, 1.807) is 0 Å². The Morgan fingerprint density at radius 3 is 2.29 bits per heavy atom. The Balaban J connectivity index is 1.86. The van der Waals surface area contributed by atoms with Crippen LogP contribution in [0.15, 0.2) is 67.4 Å². The number of pyridine rings is 2. The van der Waals surface area contributed by atoms with Crippen molar-refractivity contribution in [3.05, 3.63) is 107 Å². The van der Waals surface area contributed by atoms with Crippen LogP contribution >= 0.6 is 0 Å². The van der Waals surface area contributed by atoms with E-state index in [1.165, 1.54) is 18.5 Å². The first-order chi connectivity index (χ1) is 19.3. The van der Waals surface area contributed by atoms with Crippen LogP contribution in [0.2, 0.25) is 0 Å². The van der Waals surface area contributed by atoms with E-state index in [4.69, 9.17) is 0 Å². The molecule has 0 radical (unpaired) electrons. The summed E-state index contributed by atoms with van der Waals surface area (Å²) in [4.78, 5) is 31.7. The molecule has 14 heteroatoms. The van der Waals surface area contributed by atoms with Crippen molar-refractivity contribution in [2.24, 2.45) is 0 Å². The lowest BCUT2D eigenvalue weighted by molar-refractivity contribution is -0.144. The first-order valence-corrected chi connectivity index (χ1v) is 11.4. The van der Waals surface area contributed by atoms with Crippen LogP contribution in [0.3, 0.4) is 0 Å². The average molecular weight is 582 g/mol. The van der Waals surface area contributed by atoms with E-state index in [0.717, 1.165) is 24.3 Å². The Hall–Kier alpha value is -4.80. The fraction of sp³-hybridized carbons (Fsp3) is 0.185. The second-order valence-electron chi connectivity index (χ2n) is 8.25. The molecule has 2 heterocycles. The summed E-state index contributed by atoms with van der Waals surface area (Å²) in [6, 6.07) is 5.19. The first kappa shape index (κ1) is 30.7. The third kappa shape index (κ3) is 8.59. The summed E-state index contributed by atoms with van der Waals surface area (Å²) in [7, 11) is 0. The zero-order valence-corrected chi connectivity index (χ0v) is 20.6. The number of nitrogens with one attached hydrogen (secondary N) is 2. The summed E-state index contributed by atoms with van der Waals surface area (Å²) in [6.07, 6.45) is -6.73. The van der Waals surface area contributed by atoms with Gasteiger partial charge in [-0.05, 0) is 35.4 Å². The van der Waals surface area contributed by atoms with E-state index < -0.39 is 59.3 Å². The van der Waals surface area contributed by atoms with Crippen molar-refractivity contribution in [1.82, 2.24) is 20.6 Å². The second-order valence-corrected chi connectivity index (χ2v) is 8.25. The molecule has 0 aliphatic heterocycles. The van der Waals surface area contributed by atoms with Crippen LogP contribution in [0.4, 0.5) is 35.1 Å². The first-order valence-electron chi connectivity index (χ1n) is 11.4. The summed E-state index contributed by atoms with van der Waals surface area (Å²) in [6.45, 7) is -0.399. The number of benzene rings is 1. The van der Waals surface area contributed by atoms with E-state index in [0.29, 0.717) is 17.2 Å². The Kier molecular flexibility index (Phi) is 9.77. The second kappa shape index (κ2) is 13.0. The van der Waals surface area contributed by atoms with Crippen molar-refractivity contribution >= 4 is 11.8 Å². The highest BCUT2D eigenvalue weighted by atomic mass is 19.4. The molecule has 0 aliphatic rings. The highest BCUT2D eigenvalue weighted by Gasteiger charge is 2.42. The molecule has 0 aliphatic carbocycles. The van der Waals surface area contributed by atoms with Crippen molar-refractivity contribution in [3.63, 3.8) is 0 Å². The summed E-state index contributed by atoms with van der Waals surface area (Å²) in [5, 5.41) is 4.70. The van der Waals surface area contributed by atoms with Crippen LogP contribution in [0.25, 0.3) is 0 Å². The molecule has 0 saturated carbocycles. The van der Waals surface area contributed by atoms with E-state index >= 15 is 0 Å². The van der Waals surface area contributed by atoms with Gasteiger partial charge in [0, 0.05) is 36.8 Å². The lowest BCUT2D eigenvalue weighted by Gasteiger charge is -2.21. The van der Waals surface area contributed by atoms with Crippen LogP contribution in [0.5, 0.6) is 0 Å². The largest absolute Gasteiger partial charge is 0.418 e.